The van der Waals surface area contributed by atoms with Crippen LogP contribution in [-0.2, 0) is 11.2 Å². The lowest BCUT2D eigenvalue weighted by Gasteiger charge is -2.11. The maximum atomic E-state index is 11.8. The second-order valence-corrected chi connectivity index (χ2v) is 5.42. The fourth-order valence-corrected chi connectivity index (χ4v) is 2.19. The van der Waals surface area contributed by atoms with Crippen molar-refractivity contribution in [2.45, 2.75) is 25.3 Å². The Hall–Kier alpha value is -1.66. The van der Waals surface area contributed by atoms with Gasteiger partial charge in [-0.3, -0.25) is 14.9 Å². The average Bonchev–Trinajstić information content (AvgIpc) is 3.22. The Balaban J connectivity index is 1.88. The summed E-state index contributed by atoms with van der Waals surface area (Å²) in [7, 11) is 0. The lowest BCUT2D eigenvalue weighted by Crippen LogP contribution is -2.39. The van der Waals surface area contributed by atoms with Crippen LogP contribution >= 0.6 is 11.6 Å². The summed E-state index contributed by atoms with van der Waals surface area (Å²) in [5.74, 6) is 0.343. The summed E-state index contributed by atoms with van der Waals surface area (Å²) in [5, 5.41) is 13.6. The van der Waals surface area contributed by atoms with Crippen molar-refractivity contribution < 1.29 is 9.72 Å². The highest BCUT2D eigenvalue weighted by Crippen LogP contribution is 2.31. The fourth-order valence-electron chi connectivity index (χ4n) is 1.95. The number of nitrogens with two attached hydrogens (primary N) is 1. The summed E-state index contributed by atoms with van der Waals surface area (Å²) in [5.41, 5.74) is 6.36. The number of carbonyl (C=O) groups excluding carboxylic acids is 1. The zero-order valence-electron chi connectivity index (χ0n) is 10.8. The van der Waals surface area contributed by atoms with Crippen LogP contribution < -0.4 is 11.1 Å². The number of hydrogen-bond donors (Lipinski definition) is 2. The van der Waals surface area contributed by atoms with Gasteiger partial charge in [0.2, 0.25) is 5.91 Å². The van der Waals surface area contributed by atoms with E-state index in [1.54, 1.807) is 0 Å². The van der Waals surface area contributed by atoms with E-state index in [-0.39, 0.29) is 29.1 Å². The fraction of sp³-hybridized carbons (Fsp3) is 0.462. The van der Waals surface area contributed by atoms with Crippen molar-refractivity contribution in [1.82, 2.24) is 5.32 Å². The van der Waals surface area contributed by atoms with Crippen LogP contribution in [0.15, 0.2) is 18.2 Å². The molecule has 108 valence electrons. The van der Waals surface area contributed by atoms with E-state index in [4.69, 9.17) is 17.3 Å². The van der Waals surface area contributed by atoms with Gasteiger partial charge in [-0.1, -0.05) is 17.7 Å². The highest BCUT2D eigenvalue weighted by Gasteiger charge is 2.28. The van der Waals surface area contributed by atoms with Crippen LogP contribution in [0.1, 0.15) is 18.4 Å². The minimum Gasteiger partial charge on any atom is -0.354 e. The van der Waals surface area contributed by atoms with Gasteiger partial charge in [0.1, 0.15) is 0 Å². The van der Waals surface area contributed by atoms with Crippen molar-refractivity contribution in [2.24, 2.45) is 11.7 Å². The van der Waals surface area contributed by atoms with Crippen molar-refractivity contribution in [3.63, 3.8) is 0 Å². The lowest BCUT2D eigenvalue weighted by molar-refractivity contribution is -0.384. The maximum Gasteiger partial charge on any atom is 0.270 e. The number of benzene rings is 1. The number of non-ortho nitro benzene ring substituents is 1. The van der Waals surface area contributed by atoms with E-state index in [0.717, 1.165) is 12.8 Å². The molecular weight excluding hydrogens is 282 g/mol. The highest BCUT2D eigenvalue weighted by molar-refractivity contribution is 6.31. The molecule has 20 heavy (non-hydrogen) atoms. The molecule has 1 aliphatic carbocycles. The number of hydrogen-bond acceptors (Lipinski definition) is 4. The summed E-state index contributed by atoms with van der Waals surface area (Å²) < 4.78 is 0. The third-order valence-corrected chi connectivity index (χ3v) is 3.71. The van der Waals surface area contributed by atoms with Crippen LogP contribution in [0.3, 0.4) is 0 Å². The smallest absolute Gasteiger partial charge is 0.270 e. The molecule has 0 heterocycles. The van der Waals surface area contributed by atoms with Gasteiger partial charge in [-0.05, 0) is 24.3 Å². The van der Waals surface area contributed by atoms with Gasteiger partial charge in [0.25, 0.3) is 5.69 Å². The van der Waals surface area contributed by atoms with Gasteiger partial charge in [-0.2, -0.15) is 0 Å². The first-order chi connectivity index (χ1) is 9.47. The first kappa shape index (κ1) is 14.7. The summed E-state index contributed by atoms with van der Waals surface area (Å²) in [6.45, 7) is 0.452. The molecule has 1 aromatic carbocycles. The maximum absolute atomic E-state index is 11.8. The number of rotatable bonds is 6. The predicted octanol–water partition coefficient (Wildman–Crippen LogP) is 1.64. The van der Waals surface area contributed by atoms with Crippen LogP contribution in [-0.4, -0.2) is 23.4 Å². The summed E-state index contributed by atoms with van der Waals surface area (Å²) in [6, 6.07) is 4.09. The number of amides is 1. The second kappa shape index (κ2) is 6.19. The third kappa shape index (κ3) is 3.91. The standard InChI is InChI=1S/C13H16ClN3O3/c14-11-6-10(17(19)20)4-3-9(11)5-13(18)16-7-12(15)8-1-2-8/h3-4,6,8,12H,1-2,5,7,15H2,(H,16,18). The molecule has 1 atom stereocenters. The topological polar surface area (TPSA) is 98.3 Å². The van der Waals surface area contributed by atoms with Crippen molar-refractivity contribution in [3.05, 3.63) is 38.9 Å². The molecule has 1 unspecified atom stereocenters. The molecule has 0 saturated heterocycles. The molecule has 0 aromatic heterocycles. The Morgan fingerprint density at radius 3 is 2.80 bits per heavy atom. The Morgan fingerprint density at radius 2 is 2.25 bits per heavy atom. The average molecular weight is 298 g/mol. The van der Waals surface area contributed by atoms with Crippen molar-refractivity contribution >= 4 is 23.2 Å². The van der Waals surface area contributed by atoms with E-state index >= 15 is 0 Å². The van der Waals surface area contributed by atoms with E-state index in [1.165, 1.54) is 18.2 Å². The second-order valence-electron chi connectivity index (χ2n) is 5.01. The van der Waals surface area contributed by atoms with Crippen molar-refractivity contribution in [2.75, 3.05) is 6.54 Å². The van der Waals surface area contributed by atoms with Gasteiger partial charge in [0, 0.05) is 24.7 Å². The van der Waals surface area contributed by atoms with Gasteiger partial charge >= 0.3 is 0 Å². The van der Waals surface area contributed by atoms with Gasteiger partial charge in [-0.15, -0.1) is 0 Å². The first-order valence-corrected chi connectivity index (χ1v) is 6.80. The number of nitro groups is 1. The van der Waals surface area contributed by atoms with Crippen LogP contribution in [0.2, 0.25) is 5.02 Å². The lowest BCUT2D eigenvalue weighted by atomic mass is 10.1. The summed E-state index contributed by atoms with van der Waals surface area (Å²) in [4.78, 5) is 21.8. The molecule has 0 bridgehead atoms. The molecule has 7 heteroatoms. The number of nitrogens with zero attached hydrogens (tertiary/aromatic N) is 1. The molecular formula is C13H16ClN3O3. The zero-order chi connectivity index (χ0) is 14.7. The molecule has 1 aliphatic rings. The molecule has 0 spiro atoms. The summed E-state index contributed by atoms with van der Waals surface area (Å²) >= 11 is 5.93. The van der Waals surface area contributed by atoms with Crippen LogP contribution in [0.25, 0.3) is 0 Å². The Kier molecular flexibility index (Phi) is 4.57. The normalized spacial score (nSPS) is 15.7. The van der Waals surface area contributed by atoms with Gasteiger partial charge in [-0.25, -0.2) is 0 Å². The molecule has 3 N–H and O–H groups in total. The highest BCUT2D eigenvalue weighted by atomic mass is 35.5. The van der Waals surface area contributed by atoms with Crippen LogP contribution in [0, 0.1) is 16.0 Å². The minimum absolute atomic E-state index is 0.00582. The number of carbonyl (C=O) groups is 1. The molecule has 2 rings (SSSR count). The number of nitro benzene ring substituents is 1. The van der Waals surface area contributed by atoms with Crippen molar-refractivity contribution in [1.29, 1.82) is 0 Å². The van der Waals surface area contributed by atoms with Crippen LogP contribution in [0.5, 0.6) is 0 Å². The molecule has 0 radical (unpaired) electrons. The molecule has 1 aromatic rings. The third-order valence-electron chi connectivity index (χ3n) is 3.36. The Labute approximate surface area is 121 Å². The Morgan fingerprint density at radius 1 is 1.55 bits per heavy atom. The number of halogens is 1. The molecule has 0 aliphatic heterocycles. The number of nitrogens with one attached hydrogen (secondary N) is 1. The van der Waals surface area contributed by atoms with Crippen LogP contribution in [0.4, 0.5) is 5.69 Å². The molecule has 6 nitrogen and oxygen atoms in total. The zero-order valence-corrected chi connectivity index (χ0v) is 11.6. The quantitative estimate of drug-likeness (QED) is 0.616. The van der Waals surface area contributed by atoms with E-state index in [9.17, 15) is 14.9 Å². The first-order valence-electron chi connectivity index (χ1n) is 6.42. The van der Waals surface area contributed by atoms with E-state index in [0.29, 0.717) is 18.0 Å². The van der Waals surface area contributed by atoms with E-state index < -0.39 is 4.92 Å². The van der Waals surface area contributed by atoms with Gasteiger partial charge in [0.05, 0.1) is 16.4 Å². The SMILES string of the molecule is NC(CNC(=O)Cc1ccc([N+](=O)[O-])cc1Cl)C1CC1. The largest absolute Gasteiger partial charge is 0.354 e. The van der Waals surface area contributed by atoms with Gasteiger partial charge in [0.15, 0.2) is 0 Å². The van der Waals surface area contributed by atoms with Crippen molar-refractivity contribution in [3.8, 4) is 0 Å². The Bertz CT molecular complexity index is 532. The molecule has 1 fully saturated rings. The monoisotopic (exact) mass is 297 g/mol. The molecule has 1 saturated carbocycles. The minimum atomic E-state index is -0.523. The van der Waals surface area contributed by atoms with E-state index in [2.05, 4.69) is 5.32 Å². The predicted molar refractivity (Wildman–Crippen MR) is 75.5 cm³/mol. The van der Waals surface area contributed by atoms with E-state index in [1.807, 2.05) is 0 Å². The molecule has 1 amide bonds. The summed E-state index contributed by atoms with van der Waals surface area (Å²) in [6.07, 6.45) is 2.35. The van der Waals surface area contributed by atoms with Gasteiger partial charge < -0.3 is 11.1 Å².